The van der Waals surface area contributed by atoms with E-state index in [1.165, 1.54) is 12.8 Å². The molecule has 0 aromatic heterocycles. The lowest BCUT2D eigenvalue weighted by molar-refractivity contribution is -0.156. The molecule has 2 aliphatic rings. The van der Waals surface area contributed by atoms with Gasteiger partial charge in [0, 0.05) is 18.4 Å². The second-order valence-electron chi connectivity index (χ2n) is 3.48. The molecule has 0 unspecified atom stereocenters. The normalized spacial score (nSPS) is 41.9. The van der Waals surface area contributed by atoms with Crippen molar-refractivity contribution < 1.29 is 9.53 Å². The minimum Gasteiger partial charge on any atom is -0.370 e. The quantitative estimate of drug-likeness (QED) is 0.600. The third kappa shape index (κ3) is 0.924. The molecule has 0 aliphatic heterocycles. The number of rotatable bonds is 2. The summed E-state index contributed by atoms with van der Waals surface area (Å²) in [5.74, 6) is 1.34. The fourth-order valence-corrected chi connectivity index (χ4v) is 2.39. The van der Waals surface area contributed by atoms with Gasteiger partial charge in [-0.2, -0.15) is 0 Å². The second-order valence-corrected chi connectivity index (χ2v) is 3.48. The van der Waals surface area contributed by atoms with Gasteiger partial charge in [-0.3, -0.25) is 4.79 Å². The molecule has 62 valence electrons. The van der Waals surface area contributed by atoms with Gasteiger partial charge >= 0.3 is 0 Å². The molecule has 0 aromatic carbocycles. The highest BCUT2D eigenvalue weighted by atomic mass is 16.5. The number of carbonyl (C=O) groups is 1. The summed E-state index contributed by atoms with van der Waals surface area (Å²) in [5, 5.41) is 0. The average molecular weight is 154 g/mol. The molecule has 2 aliphatic carbocycles. The minimum atomic E-state index is -0.0208. The summed E-state index contributed by atoms with van der Waals surface area (Å²) in [6, 6.07) is 0. The summed E-state index contributed by atoms with van der Waals surface area (Å²) in [5.41, 5.74) is 0. The van der Waals surface area contributed by atoms with Crippen molar-refractivity contribution in [1.29, 1.82) is 0 Å². The molecule has 0 spiro atoms. The van der Waals surface area contributed by atoms with E-state index in [0.29, 0.717) is 24.2 Å². The van der Waals surface area contributed by atoms with Crippen LogP contribution in [0.1, 0.15) is 26.2 Å². The first-order valence-corrected chi connectivity index (χ1v) is 4.50. The minimum absolute atomic E-state index is 0.0208. The van der Waals surface area contributed by atoms with Gasteiger partial charge in [0.05, 0.1) is 0 Å². The summed E-state index contributed by atoms with van der Waals surface area (Å²) < 4.78 is 5.35. The van der Waals surface area contributed by atoms with Crippen LogP contribution in [0, 0.1) is 11.8 Å². The third-order valence-corrected chi connectivity index (χ3v) is 2.95. The summed E-state index contributed by atoms with van der Waals surface area (Å²) in [6.45, 7) is 2.63. The van der Waals surface area contributed by atoms with E-state index in [-0.39, 0.29) is 6.10 Å². The Kier molecular flexibility index (Phi) is 1.72. The molecule has 3 atom stereocenters. The van der Waals surface area contributed by atoms with E-state index in [0.717, 1.165) is 6.42 Å². The Balaban J connectivity index is 1.98. The van der Waals surface area contributed by atoms with Crippen LogP contribution >= 0.6 is 0 Å². The zero-order chi connectivity index (χ0) is 7.84. The average Bonchev–Trinajstić information content (AvgIpc) is 2.44. The molecule has 0 bridgehead atoms. The SMILES string of the molecule is CCO[C@@H]1C(=O)[C@@H]2CCC[C@H]12. The summed E-state index contributed by atoms with van der Waals surface area (Å²) in [4.78, 5) is 11.3. The van der Waals surface area contributed by atoms with Gasteiger partial charge in [0.1, 0.15) is 6.10 Å². The van der Waals surface area contributed by atoms with E-state index in [1.54, 1.807) is 0 Å². The van der Waals surface area contributed by atoms with Gasteiger partial charge in [0.15, 0.2) is 5.78 Å². The molecular weight excluding hydrogens is 140 g/mol. The van der Waals surface area contributed by atoms with E-state index in [1.807, 2.05) is 6.92 Å². The Bertz CT molecular complexity index is 176. The van der Waals surface area contributed by atoms with Gasteiger partial charge in [-0.15, -0.1) is 0 Å². The fourth-order valence-electron chi connectivity index (χ4n) is 2.39. The Morgan fingerprint density at radius 1 is 1.55 bits per heavy atom. The lowest BCUT2D eigenvalue weighted by Gasteiger charge is -2.37. The van der Waals surface area contributed by atoms with Gasteiger partial charge < -0.3 is 4.74 Å². The first-order chi connectivity index (χ1) is 5.34. The van der Waals surface area contributed by atoms with Crippen LogP contribution in [0.15, 0.2) is 0 Å². The summed E-state index contributed by atoms with van der Waals surface area (Å²) >= 11 is 0. The van der Waals surface area contributed by atoms with Crippen LogP contribution in [0.2, 0.25) is 0 Å². The maximum Gasteiger partial charge on any atom is 0.165 e. The summed E-state index contributed by atoms with van der Waals surface area (Å²) in [7, 11) is 0. The van der Waals surface area contributed by atoms with Crippen molar-refractivity contribution in [3.05, 3.63) is 0 Å². The topological polar surface area (TPSA) is 26.3 Å². The van der Waals surface area contributed by atoms with Crippen molar-refractivity contribution >= 4 is 5.78 Å². The van der Waals surface area contributed by atoms with Gasteiger partial charge in [-0.25, -0.2) is 0 Å². The Morgan fingerprint density at radius 2 is 2.36 bits per heavy atom. The van der Waals surface area contributed by atoms with Crippen LogP contribution in [0.25, 0.3) is 0 Å². The van der Waals surface area contributed by atoms with Gasteiger partial charge in [-0.1, -0.05) is 6.42 Å². The number of hydrogen-bond donors (Lipinski definition) is 0. The number of ether oxygens (including phenoxy) is 1. The van der Waals surface area contributed by atoms with Crippen LogP contribution in [0.3, 0.4) is 0 Å². The first kappa shape index (κ1) is 7.29. The monoisotopic (exact) mass is 154 g/mol. The summed E-state index contributed by atoms with van der Waals surface area (Å²) in [6.07, 6.45) is 3.53. The predicted octanol–water partition coefficient (Wildman–Crippen LogP) is 1.39. The molecule has 0 saturated heterocycles. The zero-order valence-electron chi connectivity index (χ0n) is 6.88. The highest BCUT2D eigenvalue weighted by molar-refractivity contribution is 5.92. The van der Waals surface area contributed by atoms with Crippen molar-refractivity contribution in [2.24, 2.45) is 11.8 Å². The van der Waals surface area contributed by atoms with Crippen molar-refractivity contribution in [3.63, 3.8) is 0 Å². The van der Waals surface area contributed by atoms with Crippen LogP contribution < -0.4 is 0 Å². The molecule has 2 fully saturated rings. The standard InChI is InChI=1S/C9H14O2/c1-2-11-9-7-5-3-4-6(7)8(9)10/h6-7,9H,2-5H2,1H3/t6-,7+,9+/m1/s1. The van der Waals surface area contributed by atoms with Crippen LogP contribution in [0.5, 0.6) is 0 Å². The zero-order valence-corrected chi connectivity index (χ0v) is 6.88. The molecular formula is C9H14O2. The van der Waals surface area contributed by atoms with E-state index in [9.17, 15) is 4.79 Å². The smallest absolute Gasteiger partial charge is 0.165 e. The van der Waals surface area contributed by atoms with Crippen molar-refractivity contribution in [3.8, 4) is 0 Å². The maximum absolute atomic E-state index is 11.3. The van der Waals surface area contributed by atoms with Crippen LogP contribution in [0.4, 0.5) is 0 Å². The van der Waals surface area contributed by atoms with E-state index in [2.05, 4.69) is 0 Å². The molecule has 11 heavy (non-hydrogen) atoms. The largest absolute Gasteiger partial charge is 0.370 e. The Labute approximate surface area is 66.9 Å². The van der Waals surface area contributed by atoms with E-state index >= 15 is 0 Å². The Hall–Kier alpha value is -0.370. The first-order valence-electron chi connectivity index (χ1n) is 4.50. The van der Waals surface area contributed by atoms with Gasteiger partial charge in [0.2, 0.25) is 0 Å². The number of carbonyl (C=O) groups excluding carboxylic acids is 1. The lowest BCUT2D eigenvalue weighted by atomic mass is 9.72. The van der Waals surface area contributed by atoms with Crippen molar-refractivity contribution in [1.82, 2.24) is 0 Å². The van der Waals surface area contributed by atoms with E-state index in [4.69, 9.17) is 4.74 Å². The highest BCUT2D eigenvalue weighted by Crippen LogP contribution is 2.45. The Morgan fingerprint density at radius 3 is 3.09 bits per heavy atom. The lowest BCUT2D eigenvalue weighted by Crippen LogP contribution is -2.50. The van der Waals surface area contributed by atoms with Gasteiger partial charge in [0.25, 0.3) is 0 Å². The molecule has 0 aromatic rings. The molecule has 0 heterocycles. The van der Waals surface area contributed by atoms with Crippen molar-refractivity contribution in [2.75, 3.05) is 6.61 Å². The molecule has 0 N–H and O–H groups in total. The highest BCUT2D eigenvalue weighted by Gasteiger charge is 2.52. The molecule has 0 radical (unpaired) electrons. The maximum atomic E-state index is 11.3. The van der Waals surface area contributed by atoms with Crippen LogP contribution in [-0.2, 0) is 9.53 Å². The third-order valence-electron chi connectivity index (χ3n) is 2.95. The fraction of sp³-hybridized carbons (Fsp3) is 0.889. The molecule has 2 heteroatoms. The van der Waals surface area contributed by atoms with E-state index < -0.39 is 0 Å². The number of Topliss-reactive ketones (excluding diaryl/α,β-unsaturated/α-hetero) is 1. The second kappa shape index (κ2) is 2.59. The number of fused-ring (bicyclic) bond motifs is 1. The molecule has 2 nitrogen and oxygen atoms in total. The molecule has 2 rings (SSSR count). The number of hydrogen-bond acceptors (Lipinski definition) is 2. The van der Waals surface area contributed by atoms with Crippen molar-refractivity contribution in [2.45, 2.75) is 32.3 Å². The predicted molar refractivity (Wildman–Crippen MR) is 41.3 cm³/mol. The van der Waals surface area contributed by atoms with Gasteiger partial charge in [-0.05, 0) is 19.8 Å². The number of ketones is 1. The molecule has 0 amide bonds. The van der Waals surface area contributed by atoms with Crippen LogP contribution in [-0.4, -0.2) is 18.5 Å². The molecule has 2 saturated carbocycles.